The number of nitrogens with zero attached hydrogens (tertiary/aromatic N) is 2. The van der Waals surface area contributed by atoms with Gasteiger partial charge in [-0.05, 0) is 38.0 Å². The summed E-state index contributed by atoms with van der Waals surface area (Å²) in [4.78, 5) is 29.3. The van der Waals surface area contributed by atoms with E-state index >= 15 is 0 Å². The summed E-state index contributed by atoms with van der Waals surface area (Å²) in [6, 6.07) is 5.42. The molecule has 1 atom stereocenters. The number of rotatable bonds is 5. The highest BCUT2D eigenvalue weighted by Crippen LogP contribution is 2.37. The minimum absolute atomic E-state index is 0.355. The van der Waals surface area contributed by atoms with E-state index in [0.717, 1.165) is 29.1 Å². The van der Waals surface area contributed by atoms with Crippen molar-refractivity contribution in [2.24, 2.45) is 0 Å². The van der Waals surface area contributed by atoms with Gasteiger partial charge in [-0.3, -0.25) is 14.5 Å². The van der Waals surface area contributed by atoms with Gasteiger partial charge in [0.25, 0.3) is 5.91 Å². The molecule has 7 heteroatoms. The molecule has 0 fully saturated rings. The van der Waals surface area contributed by atoms with Gasteiger partial charge in [0.1, 0.15) is 12.3 Å². The summed E-state index contributed by atoms with van der Waals surface area (Å²) in [6.45, 7) is 3.33. The second-order valence-corrected chi connectivity index (χ2v) is 6.58. The standard InChI is InChI=1S/C17H18N2O4S/c1-3-4-15-18-12(9-24-15)11-5-6-14-13(7-11)19(8-16(20)21)17(22)10(2)23-14/h5-7,9-10H,3-4,8H2,1-2H3,(H,20,21). The van der Waals surface area contributed by atoms with Crippen LogP contribution in [0.1, 0.15) is 25.3 Å². The molecule has 1 aliphatic rings. The lowest BCUT2D eigenvalue weighted by Crippen LogP contribution is -2.46. The topological polar surface area (TPSA) is 79.7 Å². The first-order valence-corrected chi connectivity index (χ1v) is 8.66. The third kappa shape index (κ3) is 3.12. The maximum Gasteiger partial charge on any atom is 0.323 e. The van der Waals surface area contributed by atoms with E-state index in [1.165, 1.54) is 4.90 Å². The first-order chi connectivity index (χ1) is 11.5. The Morgan fingerprint density at radius 2 is 2.25 bits per heavy atom. The third-order valence-corrected chi connectivity index (χ3v) is 4.68. The Morgan fingerprint density at radius 1 is 1.46 bits per heavy atom. The van der Waals surface area contributed by atoms with Gasteiger partial charge in [-0.1, -0.05) is 6.92 Å². The van der Waals surface area contributed by atoms with Crippen molar-refractivity contribution in [1.29, 1.82) is 0 Å². The van der Waals surface area contributed by atoms with Gasteiger partial charge in [0.15, 0.2) is 6.10 Å². The highest BCUT2D eigenvalue weighted by molar-refractivity contribution is 7.09. The Kier molecular flexibility index (Phi) is 4.53. The van der Waals surface area contributed by atoms with Crippen molar-refractivity contribution >= 4 is 28.9 Å². The predicted octanol–water partition coefficient (Wildman–Crippen LogP) is 2.96. The summed E-state index contributed by atoms with van der Waals surface area (Å²) < 4.78 is 5.59. The molecule has 1 aromatic heterocycles. The fourth-order valence-electron chi connectivity index (χ4n) is 2.64. The molecule has 2 heterocycles. The van der Waals surface area contributed by atoms with Gasteiger partial charge in [0.2, 0.25) is 0 Å². The number of thiazole rings is 1. The molecule has 0 bridgehead atoms. The van der Waals surface area contributed by atoms with Gasteiger partial charge >= 0.3 is 5.97 Å². The van der Waals surface area contributed by atoms with Crippen LogP contribution >= 0.6 is 11.3 Å². The van der Waals surface area contributed by atoms with Gasteiger partial charge in [0, 0.05) is 10.9 Å². The highest BCUT2D eigenvalue weighted by atomic mass is 32.1. The van der Waals surface area contributed by atoms with E-state index in [2.05, 4.69) is 11.9 Å². The SMILES string of the molecule is CCCc1nc(-c2ccc3c(c2)N(CC(=O)O)C(=O)C(C)O3)cs1. The molecule has 1 amide bonds. The van der Waals surface area contributed by atoms with Crippen molar-refractivity contribution in [3.8, 4) is 17.0 Å². The number of anilines is 1. The van der Waals surface area contributed by atoms with Crippen LogP contribution in [-0.4, -0.2) is 34.6 Å². The molecular weight excluding hydrogens is 328 g/mol. The normalized spacial score (nSPS) is 16.7. The van der Waals surface area contributed by atoms with Gasteiger partial charge in [-0.15, -0.1) is 11.3 Å². The molecule has 24 heavy (non-hydrogen) atoms. The number of hydrogen-bond donors (Lipinski definition) is 1. The van der Waals surface area contributed by atoms with Crippen LogP contribution in [0.25, 0.3) is 11.3 Å². The largest absolute Gasteiger partial charge is 0.480 e. The van der Waals surface area contributed by atoms with Gasteiger partial charge in [-0.25, -0.2) is 4.98 Å². The van der Waals surface area contributed by atoms with Crippen LogP contribution in [0.15, 0.2) is 23.6 Å². The Hall–Kier alpha value is -2.41. The fourth-order valence-corrected chi connectivity index (χ4v) is 3.55. The van der Waals surface area contributed by atoms with Gasteiger partial charge in [-0.2, -0.15) is 0 Å². The Balaban J connectivity index is 1.99. The number of fused-ring (bicyclic) bond motifs is 1. The number of aliphatic carboxylic acids is 1. The maximum absolute atomic E-state index is 12.3. The fraction of sp³-hybridized carbons (Fsp3) is 0.353. The summed E-state index contributed by atoms with van der Waals surface area (Å²) in [5, 5.41) is 12.1. The molecule has 6 nitrogen and oxygen atoms in total. The van der Waals surface area contributed by atoms with Crippen molar-refractivity contribution in [3.63, 3.8) is 0 Å². The smallest absolute Gasteiger partial charge is 0.323 e. The number of carbonyl (C=O) groups excluding carboxylic acids is 1. The number of aromatic nitrogens is 1. The first-order valence-electron chi connectivity index (χ1n) is 7.78. The molecule has 3 rings (SSSR count). The van der Waals surface area contributed by atoms with Crippen LogP contribution in [0.2, 0.25) is 0 Å². The number of ether oxygens (including phenoxy) is 1. The van der Waals surface area contributed by atoms with Crippen LogP contribution in [0.4, 0.5) is 5.69 Å². The summed E-state index contributed by atoms with van der Waals surface area (Å²) in [5.41, 5.74) is 2.14. The molecule has 0 aliphatic carbocycles. The van der Waals surface area contributed by atoms with E-state index in [9.17, 15) is 9.59 Å². The number of carbonyl (C=O) groups is 2. The molecule has 1 aliphatic heterocycles. The molecule has 1 N–H and O–H groups in total. The number of aryl methyl sites for hydroxylation is 1. The molecule has 1 unspecified atom stereocenters. The van der Waals surface area contributed by atoms with Crippen molar-refractivity contribution in [1.82, 2.24) is 4.98 Å². The van der Waals surface area contributed by atoms with Gasteiger partial charge < -0.3 is 9.84 Å². The Morgan fingerprint density at radius 3 is 2.96 bits per heavy atom. The number of hydrogen-bond acceptors (Lipinski definition) is 5. The molecule has 0 radical (unpaired) electrons. The lowest BCUT2D eigenvalue weighted by Gasteiger charge is -2.32. The molecule has 1 aromatic carbocycles. The van der Waals surface area contributed by atoms with Crippen LogP contribution in [0, 0.1) is 0 Å². The van der Waals surface area contributed by atoms with Crippen molar-refractivity contribution in [3.05, 3.63) is 28.6 Å². The monoisotopic (exact) mass is 346 g/mol. The quantitative estimate of drug-likeness (QED) is 0.900. The Labute approximate surface area is 143 Å². The Bertz CT molecular complexity index is 787. The average Bonchev–Trinajstić information content (AvgIpc) is 3.00. The average molecular weight is 346 g/mol. The number of amides is 1. The van der Waals surface area contributed by atoms with E-state index in [1.807, 2.05) is 11.4 Å². The highest BCUT2D eigenvalue weighted by Gasteiger charge is 2.33. The lowest BCUT2D eigenvalue weighted by atomic mass is 10.1. The zero-order valence-electron chi connectivity index (χ0n) is 13.5. The predicted molar refractivity (Wildman–Crippen MR) is 91.6 cm³/mol. The van der Waals surface area contributed by atoms with Crippen molar-refractivity contribution in [2.75, 3.05) is 11.4 Å². The molecule has 0 saturated heterocycles. The zero-order valence-corrected chi connectivity index (χ0v) is 14.3. The second kappa shape index (κ2) is 6.60. The van der Waals surface area contributed by atoms with Crippen LogP contribution < -0.4 is 9.64 Å². The van der Waals surface area contributed by atoms with Crippen molar-refractivity contribution < 1.29 is 19.4 Å². The van der Waals surface area contributed by atoms with E-state index in [0.29, 0.717) is 11.4 Å². The number of carboxylic acids is 1. The summed E-state index contributed by atoms with van der Waals surface area (Å²) in [5.74, 6) is -0.907. The minimum Gasteiger partial charge on any atom is -0.480 e. The number of carboxylic acid groups (broad SMARTS) is 1. The maximum atomic E-state index is 12.3. The zero-order chi connectivity index (χ0) is 17.3. The van der Waals surface area contributed by atoms with Crippen LogP contribution in [0.3, 0.4) is 0 Å². The van der Waals surface area contributed by atoms with Crippen LogP contribution in [-0.2, 0) is 16.0 Å². The molecular formula is C17H18N2O4S. The molecule has 2 aromatic rings. The second-order valence-electron chi connectivity index (χ2n) is 5.64. The van der Waals surface area contributed by atoms with Crippen molar-refractivity contribution in [2.45, 2.75) is 32.8 Å². The molecule has 0 spiro atoms. The molecule has 0 saturated carbocycles. The minimum atomic E-state index is -1.06. The van der Waals surface area contributed by atoms with E-state index < -0.39 is 12.1 Å². The third-order valence-electron chi connectivity index (χ3n) is 3.77. The van der Waals surface area contributed by atoms with Gasteiger partial charge in [0.05, 0.1) is 16.4 Å². The van der Waals surface area contributed by atoms with E-state index in [1.54, 1.807) is 30.4 Å². The van der Waals surface area contributed by atoms with Crippen LogP contribution in [0.5, 0.6) is 5.75 Å². The molecule has 126 valence electrons. The summed E-state index contributed by atoms with van der Waals surface area (Å²) in [7, 11) is 0. The first kappa shape index (κ1) is 16.4. The van der Waals surface area contributed by atoms with E-state index in [-0.39, 0.29) is 12.5 Å². The summed E-state index contributed by atoms with van der Waals surface area (Å²) >= 11 is 1.60. The number of benzene rings is 1. The summed E-state index contributed by atoms with van der Waals surface area (Å²) in [6.07, 6.45) is 1.27. The lowest BCUT2D eigenvalue weighted by molar-refractivity contribution is -0.137. The van der Waals surface area contributed by atoms with E-state index in [4.69, 9.17) is 9.84 Å².